The van der Waals surface area contributed by atoms with Crippen molar-refractivity contribution < 1.29 is 14.3 Å². The molecule has 0 spiro atoms. The van der Waals surface area contributed by atoms with Gasteiger partial charge in [0.15, 0.2) is 0 Å². The summed E-state index contributed by atoms with van der Waals surface area (Å²) in [6, 6.07) is 7.36. The van der Waals surface area contributed by atoms with Crippen LogP contribution in [0.5, 0.6) is 0 Å². The average molecular weight is 306 g/mol. The summed E-state index contributed by atoms with van der Waals surface area (Å²) in [5.74, 6) is -0.164. The van der Waals surface area contributed by atoms with E-state index in [1.54, 1.807) is 26.8 Å². The molecule has 0 aromatic heterocycles. The number of benzene rings is 1. The van der Waals surface area contributed by atoms with Crippen LogP contribution >= 0.6 is 0 Å². The number of hydrogen-bond donors (Lipinski definition) is 2. The maximum absolute atomic E-state index is 12.1. The molecule has 0 aliphatic rings. The molecule has 0 bridgehead atoms. The van der Waals surface area contributed by atoms with Crippen molar-refractivity contribution in [2.45, 2.75) is 52.7 Å². The lowest BCUT2D eigenvalue weighted by Crippen LogP contribution is -2.52. The molecule has 5 nitrogen and oxygen atoms in total. The number of alkyl carbamates (subject to hydrolysis) is 1. The quantitative estimate of drug-likeness (QED) is 0.898. The molecule has 0 unspecified atom stereocenters. The second-order valence-corrected chi connectivity index (χ2v) is 7.06. The SMILES string of the molecule is Cc1cccc(C(=O)NCC(C)(C)NC(=O)OC(C)(C)C)c1. The van der Waals surface area contributed by atoms with Crippen LogP contribution in [0.4, 0.5) is 4.79 Å². The lowest BCUT2D eigenvalue weighted by Gasteiger charge is -2.28. The second kappa shape index (κ2) is 6.81. The first-order chi connectivity index (χ1) is 9.98. The topological polar surface area (TPSA) is 67.4 Å². The van der Waals surface area contributed by atoms with Gasteiger partial charge >= 0.3 is 6.09 Å². The number of amides is 2. The van der Waals surface area contributed by atoms with Gasteiger partial charge in [-0.1, -0.05) is 17.7 Å². The van der Waals surface area contributed by atoms with E-state index in [1.807, 2.05) is 39.0 Å². The van der Waals surface area contributed by atoms with Gasteiger partial charge in [-0.3, -0.25) is 4.79 Å². The first-order valence-electron chi connectivity index (χ1n) is 7.34. The Balaban J connectivity index is 2.55. The van der Waals surface area contributed by atoms with Crippen molar-refractivity contribution in [3.05, 3.63) is 35.4 Å². The van der Waals surface area contributed by atoms with Gasteiger partial charge in [-0.15, -0.1) is 0 Å². The predicted octanol–water partition coefficient (Wildman–Crippen LogP) is 3.03. The van der Waals surface area contributed by atoms with Crippen molar-refractivity contribution >= 4 is 12.0 Å². The van der Waals surface area contributed by atoms with Gasteiger partial charge in [0, 0.05) is 12.1 Å². The largest absolute Gasteiger partial charge is 0.444 e. The summed E-state index contributed by atoms with van der Waals surface area (Å²) in [6.45, 7) is 11.3. The summed E-state index contributed by atoms with van der Waals surface area (Å²) in [7, 11) is 0. The van der Waals surface area contributed by atoms with Gasteiger partial charge in [-0.05, 0) is 53.7 Å². The number of carbonyl (C=O) groups is 2. The summed E-state index contributed by atoms with van der Waals surface area (Å²) in [4.78, 5) is 23.9. The first-order valence-corrected chi connectivity index (χ1v) is 7.34. The molecule has 2 amide bonds. The molecule has 1 rings (SSSR count). The minimum Gasteiger partial charge on any atom is -0.444 e. The first kappa shape index (κ1) is 18.0. The van der Waals surface area contributed by atoms with E-state index in [-0.39, 0.29) is 5.91 Å². The van der Waals surface area contributed by atoms with E-state index in [1.165, 1.54) is 0 Å². The fourth-order valence-corrected chi connectivity index (χ4v) is 1.81. The molecule has 1 aromatic carbocycles. The van der Waals surface area contributed by atoms with Crippen molar-refractivity contribution in [2.75, 3.05) is 6.54 Å². The Morgan fingerprint density at radius 2 is 1.77 bits per heavy atom. The molecule has 22 heavy (non-hydrogen) atoms. The van der Waals surface area contributed by atoms with Gasteiger partial charge in [0.1, 0.15) is 5.60 Å². The molecule has 0 atom stereocenters. The van der Waals surface area contributed by atoms with Gasteiger partial charge in [-0.2, -0.15) is 0 Å². The highest BCUT2D eigenvalue weighted by atomic mass is 16.6. The van der Waals surface area contributed by atoms with Crippen molar-refractivity contribution in [1.82, 2.24) is 10.6 Å². The van der Waals surface area contributed by atoms with Gasteiger partial charge in [0.2, 0.25) is 0 Å². The molecule has 0 fully saturated rings. The molecule has 2 N–H and O–H groups in total. The lowest BCUT2D eigenvalue weighted by molar-refractivity contribution is 0.0469. The van der Waals surface area contributed by atoms with E-state index >= 15 is 0 Å². The molecular weight excluding hydrogens is 280 g/mol. The van der Waals surface area contributed by atoms with Crippen molar-refractivity contribution in [1.29, 1.82) is 0 Å². The van der Waals surface area contributed by atoms with Crippen LogP contribution in [0.25, 0.3) is 0 Å². The number of ether oxygens (including phenoxy) is 1. The Hall–Kier alpha value is -2.04. The van der Waals surface area contributed by atoms with Crippen LogP contribution in [0.1, 0.15) is 50.5 Å². The van der Waals surface area contributed by atoms with Crippen molar-refractivity contribution in [3.63, 3.8) is 0 Å². The zero-order valence-corrected chi connectivity index (χ0v) is 14.2. The highest BCUT2D eigenvalue weighted by Gasteiger charge is 2.25. The third-order valence-corrected chi connectivity index (χ3v) is 2.81. The van der Waals surface area contributed by atoms with Crippen molar-refractivity contribution in [3.8, 4) is 0 Å². The van der Waals surface area contributed by atoms with Crippen LogP contribution in [0, 0.1) is 6.92 Å². The molecule has 0 radical (unpaired) electrons. The average Bonchev–Trinajstić information content (AvgIpc) is 2.33. The number of nitrogens with one attached hydrogen (secondary N) is 2. The predicted molar refractivity (Wildman–Crippen MR) is 87.0 cm³/mol. The molecule has 122 valence electrons. The Morgan fingerprint density at radius 3 is 2.32 bits per heavy atom. The van der Waals surface area contributed by atoms with Crippen molar-refractivity contribution in [2.24, 2.45) is 0 Å². The third-order valence-electron chi connectivity index (χ3n) is 2.81. The van der Waals surface area contributed by atoms with E-state index in [0.717, 1.165) is 5.56 Å². The minimum absolute atomic E-state index is 0.164. The maximum Gasteiger partial charge on any atom is 0.408 e. The normalized spacial score (nSPS) is 11.7. The maximum atomic E-state index is 12.1. The zero-order chi connectivity index (χ0) is 17.0. The van der Waals surface area contributed by atoms with Crippen LogP contribution in [0.2, 0.25) is 0 Å². The molecule has 0 saturated heterocycles. The van der Waals surface area contributed by atoms with Crippen LogP contribution in [-0.4, -0.2) is 29.7 Å². The van der Waals surface area contributed by atoms with Crippen LogP contribution in [0.3, 0.4) is 0 Å². The fraction of sp³-hybridized carbons (Fsp3) is 0.529. The molecule has 0 heterocycles. The zero-order valence-electron chi connectivity index (χ0n) is 14.2. The Labute approximate surface area is 132 Å². The summed E-state index contributed by atoms with van der Waals surface area (Å²) in [5, 5.41) is 5.58. The standard InChI is InChI=1S/C17H26N2O3/c1-12-8-7-9-13(10-12)14(20)18-11-17(5,6)19-15(21)22-16(2,3)4/h7-10H,11H2,1-6H3,(H,18,20)(H,19,21). The molecule has 0 saturated carbocycles. The van der Waals surface area contributed by atoms with Gasteiger partial charge in [0.25, 0.3) is 5.91 Å². The second-order valence-electron chi connectivity index (χ2n) is 7.06. The summed E-state index contributed by atoms with van der Waals surface area (Å²) in [6.07, 6.45) is -0.498. The molecule has 5 heteroatoms. The van der Waals surface area contributed by atoms with E-state index in [4.69, 9.17) is 4.74 Å². The van der Waals surface area contributed by atoms with Crippen LogP contribution in [-0.2, 0) is 4.74 Å². The van der Waals surface area contributed by atoms with Gasteiger partial charge < -0.3 is 15.4 Å². The number of aryl methyl sites for hydroxylation is 1. The summed E-state index contributed by atoms with van der Waals surface area (Å²) < 4.78 is 5.22. The summed E-state index contributed by atoms with van der Waals surface area (Å²) >= 11 is 0. The Bertz CT molecular complexity index is 545. The smallest absolute Gasteiger partial charge is 0.408 e. The fourth-order valence-electron chi connectivity index (χ4n) is 1.81. The number of hydrogen-bond acceptors (Lipinski definition) is 3. The van der Waals surface area contributed by atoms with Gasteiger partial charge in [-0.25, -0.2) is 4.79 Å². The monoisotopic (exact) mass is 306 g/mol. The van der Waals surface area contributed by atoms with Gasteiger partial charge in [0.05, 0.1) is 5.54 Å². The molecule has 0 aliphatic heterocycles. The van der Waals surface area contributed by atoms with E-state index < -0.39 is 17.2 Å². The van der Waals surface area contributed by atoms with E-state index in [9.17, 15) is 9.59 Å². The van der Waals surface area contributed by atoms with E-state index in [2.05, 4.69) is 10.6 Å². The lowest BCUT2D eigenvalue weighted by atomic mass is 10.1. The van der Waals surface area contributed by atoms with Crippen LogP contribution in [0.15, 0.2) is 24.3 Å². The minimum atomic E-state index is -0.609. The molecule has 0 aliphatic carbocycles. The Morgan fingerprint density at radius 1 is 1.14 bits per heavy atom. The van der Waals surface area contributed by atoms with Crippen LogP contribution < -0.4 is 10.6 Å². The highest BCUT2D eigenvalue weighted by molar-refractivity contribution is 5.94. The molecule has 1 aromatic rings. The summed E-state index contributed by atoms with van der Waals surface area (Å²) in [5.41, 5.74) is 0.471. The molecular formula is C17H26N2O3. The third kappa shape index (κ3) is 6.61. The highest BCUT2D eigenvalue weighted by Crippen LogP contribution is 2.09. The number of rotatable bonds is 4. The Kier molecular flexibility index (Phi) is 5.58. The van der Waals surface area contributed by atoms with E-state index in [0.29, 0.717) is 12.1 Å². The number of carbonyl (C=O) groups excluding carboxylic acids is 2.